The van der Waals surface area contributed by atoms with Crippen molar-refractivity contribution in [2.75, 3.05) is 33.8 Å². The Balaban J connectivity index is 1.98. The number of nitrogens with one attached hydrogen (secondary N) is 1. The van der Waals surface area contributed by atoms with Crippen LogP contribution in [-0.4, -0.2) is 49.6 Å². The van der Waals surface area contributed by atoms with Crippen LogP contribution in [0.25, 0.3) is 0 Å². The Hall–Kier alpha value is -1.62. The number of hydrogen-bond acceptors (Lipinski definition) is 4. The Labute approximate surface area is 115 Å². The molecule has 0 spiro atoms. The lowest BCUT2D eigenvalue weighted by Crippen LogP contribution is -2.27. The Bertz CT molecular complexity index is 355. The molecule has 0 aromatic carbocycles. The smallest absolute Gasteiger partial charge is 0.220 e. The quantitative estimate of drug-likeness (QED) is 0.684. The predicted molar refractivity (Wildman–Crippen MR) is 75.1 cm³/mol. The van der Waals surface area contributed by atoms with Crippen LogP contribution in [0, 0.1) is 0 Å². The van der Waals surface area contributed by atoms with Crippen molar-refractivity contribution >= 4 is 5.91 Å². The standard InChI is InChI=1S/C14H23N3O2/c1-17(2)10-5-9-16-14(18)7-4-11-19-13-6-3-8-15-12-13/h3,6,8,12H,4-5,7,9-11H2,1-2H3,(H,16,18). The second-order valence-corrected chi connectivity index (χ2v) is 4.65. The Kier molecular flexibility index (Phi) is 7.58. The number of carbonyl (C=O) groups is 1. The van der Waals surface area contributed by atoms with Crippen LogP contribution in [0.15, 0.2) is 24.5 Å². The molecule has 0 saturated heterocycles. The Morgan fingerprint density at radius 3 is 2.95 bits per heavy atom. The fourth-order valence-electron chi connectivity index (χ4n) is 1.57. The SMILES string of the molecule is CN(C)CCCNC(=O)CCCOc1cccnc1. The van der Waals surface area contributed by atoms with E-state index in [0.29, 0.717) is 19.4 Å². The van der Waals surface area contributed by atoms with Crippen molar-refractivity contribution in [2.45, 2.75) is 19.3 Å². The first kappa shape index (κ1) is 15.4. The molecular formula is C14H23N3O2. The number of amides is 1. The van der Waals surface area contributed by atoms with E-state index in [1.54, 1.807) is 12.4 Å². The lowest BCUT2D eigenvalue weighted by molar-refractivity contribution is -0.121. The zero-order valence-corrected chi connectivity index (χ0v) is 11.8. The van der Waals surface area contributed by atoms with Gasteiger partial charge in [-0.15, -0.1) is 0 Å². The highest BCUT2D eigenvalue weighted by atomic mass is 16.5. The number of carbonyl (C=O) groups excluding carboxylic acids is 1. The zero-order valence-electron chi connectivity index (χ0n) is 11.8. The summed E-state index contributed by atoms with van der Waals surface area (Å²) in [5.41, 5.74) is 0. The third kappa shape index (κ3) is 8.15. The van der Waals surface area contributed by atoms with Gasteiger partial charge in [0, 0.05) is 19.2 Å². The van der Waals surface area contributed by atoms with Crippen LogP contribution < -0.4 is 10.1 Å². The highest BCUT2D eigenvalue weighted by molar-refractivity contribution is 5.75. The monoisotopic (exact) mass is 265 g/mol. The van der Waals surface area contributed by atoms with Gasteiger partial charge in [-0.1, -0.05) is 0 Å². The maximum absolute atomic E-state index is 11.5. The maximum Gasteiger partial charge on any atom is 0.220 e. The molecule has 1 rings (SSSR count). The van der Waals surface area contributed by atoms with Crippen molar-refractivity contribution in [1.29, 1.82) is 0 Å². The van der Waals surface area contributed by atoms with Crippen molar-refractivity contribution in [3.8, 4) is 5.75 Å². The van der Waals surface area contributed by atoms with Gasteiger partial charge in [0.15, 0.2) is 0 Å². The molecule has 106 valence electrons. The molecule has 0 aliphatic heterocycles. The van der Waals surface area contributed by atoms with Gasteiger partial charge < -0.3 is 15.0 Å². The fourth-order valence-corrected chi connectivity index (χ4v) is 1.57. The summed E-state index contributed by atoms with van der Waals surface area (Å²) in [7, 11) is 4.05. The minimum absolute atomic E-state index is 0.0912. The summed E-state index contributed by atoms with van der Waals surface area (Å²) in [5, 5.41) is 2.90. The second-order valence-electron chi connectivity index (χ2n) is 4.65. The van der Waals surface area contributed by atoms with Gasteiger partial charge in [-0.25, -0.2) is 0 Å². The van der Waals surface area contributed by atoms with Gasteiger partial charge in [-0.3, -0.25) is 9.78 Å². The van der Waals surface area contributed by atoms with Crippen LogP contribution >= 0.6 is 0 Å². The summed E-state index contributed by atoms with van der Waals surface area (Å²) in [4.78, 5) is 17.6. The third-order valence-electron chi connectivity index (χ3n) is 2.56. The van der Waals surface area contributed by atoms with Crippen molar-refractivity contribution in [3.05, 3.63) is 24.5 Å². The van der Waals surface area contributed by atoms with E-state index in [2.05, 4.69) is 15.2 Å². The maximum atomic E-state index is 11.5. The molecule has 0 bridgehead atoms. The molecule has 5 nitrogen and oxygen atoms in total. The number of rotatable bonds is 9. The van der Waals surface area contributed by atoms with E-state index in [0.717, 1.165) is 25.3 Å². The van der Waals surface area contributed by atoms with Gasteiger partial charge in [0.25, 0.3) is 0 Å². The summed E-state index contributed by atoms with van der Waals surface area (Å²) >= 11 is 0. The zero-order chi connectivity index (χ0) is 13.9. The van der Waals surface area contributed by atoms with Crippen molar-refractivity contribution in [3.63, 3.8) is 0 Å². The first-order valence-electron chi connectivity index (χ1n) is 6.63. The molecule has 0 fully saturated rings. The van der Waals surface area contributed by atoms with Crippen LogP contribution in [0.2, 0.25) is 0 Å². The van der Waals surface area contributed by atoms with E-state index < -0.39 is 0 Å². The molecule has 1 heterocycles. The van der Waals surface area contributed by atoms with Crippen LogP contribution in [0.4, 0.5) is 0 Å². The minimum Gasteiger partial charge on any atom is -0.492 e. The van der Waals surface area contributed by atoms with Gasteiger partial charge in [-0.05, 0) is 45.6 Å². The van der Waals surface area contributed by atoms with Gasteiger partial charge in [0.1, 0.15) is 5.75 Å². The Morgan fingerprint density at radius 1 is 1.42 bits per heavy atom. The van der Waals surface area contributed by atoms with E-state index in [4.69, 9.17) is 4.74 Å². The molecule has 19 heavy (non-hydrogen) atoms. The molecule has 0 unspecified atom stereocenters. The van der Waals surface area contributed by atoms with E-state index in [9.17, 15) is 4.79 Å². The van der Waals surface area contributed by atoms with Gasteiger partial charge in [0.05, 0.1) is 12.8 Å². The van der Waals surface area contributed by atoms with E-state index in [1.165, 1.54) is 0 Å². The summed E-state index contributed by atoms with van der Waals surface area (Å²) in [6.07, 6.45) is 5.57. The highest BCUT2D eigenvalue weighted by Crippen LogP contribution is 2.06. The molecule has 1 amide bonds. The lowest BCUT2D eigenvalue weighted by atomic mass is 10.3. The summed E-state index contributed by atoms with van der Waals surface area (Å²) in [6, 6.07) is 3.68. The number of aromatic nitrogens is 1. The third-order valence-corrected chi connectivity index (χ3v) is 2.56. The van der Waals surface area contributed by atoms with Crippen molar-refractivity contribution < 1.29 is 9.53 Å². The molecule has 0 aliphatic rings. The first-order chi connectivity index (χ1) is 9.18. The molecule has 0 radical (unpaired) electrons. The van der Waals surface area contributed by atoms with Gasteiger partial charge in [-0.2, -0.15) is 0 Å². The van der Waals surface area contributed by atoms with Gasteiger partial charge >= 0.3 is 0 Å². The topological polar surface area (TPSA) is 54.5 Å². The normalized spacial score (nSPS) is 10.5. The molecule has 1 aromatic rings. The average Bonchev–Trinajstić information content (AvgIpc) is 2.41. The largest absolute Gasteiger partial charge is 0.492 e. The Morgan fingerprint density at radius 2 is 2.26 bits per heavy atom. The highest BCUT2D eigenvalue weighted by Gasteiger charge is 2.01. The summed E-state index contributed by atoms with van der Waals surface area (Å²) in [6.45, 7) is 2.27. The van der Waals surface area contributed by atoms with Gasteiger partial charge in [0.2, 0.25) is 5.91 Å². The molecule has 1 aromatic heterocycles. The molecule has 0 aliphatic carbocycles. The average molecular weight is 265 g/mol. The van der Waals surface area contributed by atoms with Crippen molar-refractivity contribution in [1.82, 2.24) is 15.2 Å². The predicted octanol–water partition coefficient (Wildman–Crippen LogP) is 1.31. The van der Waals surface area contributed by atoms with E-state index in [-0.39, 0.29) is 5.91 Å². The molecule has 5 heteroatoms. The number of pyridine rings is 1. The van der Waals surface area contributed by atoms with Crippen LogP contribution in [-0.2, 0) is 4.79 Å². The number of ether oxygens (including phenoxy) is 1. The fraction of sp³-hybridized carbons (Fsp3) is 0.571. The molecule has 1 N–H and O–H groups in total. The van der Waals surface area contributed by atoms with E-state index >= 15 is 0 Å². The van der Waals surface area contributed by atoms with E-state index in [1.807, 2.05) is 26.2 Å². The lowest BCUT2D eigenvalue weighted by Gasteiger charge is -2.10. The summed E-state index contributed by atoms with van der Waals surface area (Å²) < 4.78 is 5.46. The molecular weight excluding hydrogens is 242 g/mol. The van der Waals surface area contributed by atoms with Crippen molar-refractivity contribution in [2.24, 2.45) is 0 Å². The molecule has 0 atom stereocenters. The first-order valence-corrected chi connectivity index (χ1v) is 6.63. The minimum atomic E-state index is 0.0912. The van der Waals surface area contributed by atoms with Crippen LogP contribution in [0.1, 0.15) is 19.3 Å². The number of hydrogen-bond donors (Lipinski definition) is 1. The number of nitrogens with zero attached hydrogens (tertiary/aromatic N) is 2. The summed E-state index contributed by atoms with van der Waals surface area (Å²) in [5.74, 6) is 0.836. The second kappa shape index (κ2) is 9.33. The van der Waals surface area contributed by atoms with Crippen LogP contribution in [0.3, 0.4) is 0 Å². The van der Waals surface area contributed by atoms with Crippen LogP contribution in [0.5, 0.6) is 5.75 Å². The molecule has 0 saturated carbocycles.